The normalized spacial score (nSPS) is 13.9. The molecular weight excluding hydrogens is 308 g/mol. The fourth-order valence-corrected chi connectivity index (χ4v) is 2.71. The number of carbonyl (C=O) groups excluding carboxylic acids is 1. The number of hydrogen-bond acceptors (Lipinski definition) is 6. The molecule has 0 atom stereocenters. The Morgan fingerprint density at radius 1 is 1.38 bits per heavy atom. The first-order valence-corrected chi connectivity index (χ1v) is 7.60. The zero-order valence-electron chi connectivity index (χ0n) is 13.1. The summed E-state index contributed by atoms with van der Waals surface area (Å²) in [6, 6.07) is 5.91. The van der Waals surface area contributed by atoms with E-state index in [1.54, 1.807) is 24.4 Å². The third-order valence-electron chi connectivity index (χ3n) is 3.97. The predicted octanol–water partition coefficient (Wildman–Crippen LogP) is 1.92. The van der Waals surface area contributed by atoms with Crippen LogP contribution in [-0.2, 0) is 9.53 Å². The summed E-state index contributed by atoms with van der Waals surface area (Å²) in [6.07, 6.45) is 3.47. The molecule has 0 unspecified atom stereocenters. The molecule has 0 saturated heterocycles. The van der Waals surface area contributed by atoms with E-state index in [4.69, 9.17) is 4.74 Å². The number of rotatable bonds is 4. The van der Waals surface area contributed by atoms with Crippen LogP contribution < -0.4 is 10.2 Å². The Kier molecular flexibility index (Phi) is 3.58. The van der Waals surface area contributed by atoms with Crippen LogP contribution in [-0.4, -0.2) is 52.9 Å². The van der Waals surface area contributed by atoms with E-state index in [-0.39, 0.29) is 15.3 Å². The highest BCUT2D eigenvalue weighted by Crippen LogP contribution is 2.29. The lowest BCUT2D eigenvalue weighted by atomic mass is 10.1. The second-order valence-corrected chi connectivity index (χ2v) is 5.49. The quantitative estimate of drug-likeness (QED) is 0.759. The zero-order chi connectivity index (χ0) is 16.5. The Hall–Kier alpha value is -3.00. The molecule has 3 heterocycles. The number of aromatic amines is 1. The van der Waals surface area contributed by atoms with Crippen molar-refractivity contribution in [3.8, 4) is 11.3 Å². The molecule has 0 spiro atoms. The minimum Gasteiger partial charge on any atom is -0.383 e. The first kappa shape index (κ1) is 14.6. The van der Waals surface area contributed by atoms with Gasteiger partial charge >= 0.3 is 0 Å². The summed E-state index contributed by atoms with van der Waals surface area (Å²) < 4.78 is 5.09. The van der Waals surface area contributed by atoms with Gasteiger partial charge in [-0.05, 0) is 6.07 Å². The molecule has 0 aliphatic carbocycles. The number of nitrogens with zero attached hydrogens (tertiary/aromatic N) is 4. The van der Waals surface area contributed by atoms with Crippen molar-refractivity contribution in [1.82, 2.24) is 20.2 Å². The molecule has 4 rings (SSSR count). The Labute approximate surface area is 140 Å². The third kappa shape index (κ3) is 2.46. The molecule has 24 heavy (non-hydrogen) atoms. The van der Waals surface area contributed by atoms with Crippen molar-refractivity contribution in [2.75, 3.05) is 37.0 Å². The second-order valence-electron chi connectivity index (χ2n) is 5.49. The fraction of sp³-hybridized carbons (Fsp3) is 0.250. The van der Waals surface area contributed by atoms with Crippen LogP contribution in [0, 0.1) is 0 Å². The second kappa shape index (κ2) is 5.89. The number of fused-ring (bicyclic) bond motifs is 2. The van der Waals surface area contributed by atoms with Gasteiger partial charge in [-0.2, -0.15) is 5.10 Å². The van der Waals surface area contributed by atoms with Crippen LogP contribution in [0.3, 0.4) is 0 Å². The van der Waals surface area contributed by atoms with Gasteiger partial charge in [0.05, 0.1) is 43.3 Å². The Bertz CT molecular complexity index is 917. The molecule has 0 fully saturated rings. The number of methoxy groups -OCH3 is 1. The van der Waals surface area contributed by atoms with Gasteiger partial charge in [0, 0.05) is 20.9 Å². The van der Waals surface area contributed by atoms with Crippen LogP contribution >= 0.6 is 0 Å². The van der Waals surface area contributed by atoms with E-state index in [1.165, 1.54) is 0 Å². The molecular formula is C16H20N6O2. The molecule has 1 aliphatic rings. The Morgan fingerprint density at radius 3 is 3.17 bits per heavy atom. The van der Waals surface area contributed by atoms with Crippen molar-refractivity contribution < 1.29 is 12.4 Å². The highest BCUT2D eigenvalue weighted by molar-refractivity contribution is 6.01. The van der Waals surface area contributed by atoms with Crippen LogP contribution in [0.2, 0.25) is 0 Å². The first-order valence-electron chi connectivity index (χ1n) is 7.60. The van der Waals surface area contributed by atoms with E-state index in [1.807, 2.05) is 18.2 Å². The number of carbonyl (C=O) groups is 1. The topological polar surface area (TPSA) is 96.0 Å². The lowest BCUT2D eigenvalue weighted by Gasteiger charge is -2.28. The van der Waals surface area contributed by atoms with Crippen LogP contribution in [0.4, 0.5) is 11.6 Å². The average Bonchev–Trinajstić information content (AvgIpc) is 3.08. The summed E-state index contributed by atoms with van der Waals surface area (Å²) in [5.41, 5.74) is 2.54. The number of nitrogens with one attached hydrogen (secondary N) is 2. The summed E-state index contributed by atoms with van der Waals surface area (Å²) in [5, 5.41) is 11.0. The summed E-state index contributed by atoms with van der Waals surface area (Å²) >= 11 is 0. The number of anilines is 2. The van der Waals surface area contributed by atoms with Gasteiger partial charge in [-0.25, -0.2) is 9.97 Å². The molecule has 0 saturated carbocycles. The largest absolute Gasteiger partial charge is 0.383 e. The zero-order valence-corrected chi connectivity index (χ0v) is 13.1. The first-order chi connectivity index (χ1) is 11.8. The maximum atomic E-state index is 12.2. The maximum absolute atomic E-state index is 12.2. The van der Waals surface area contributed by atoms with E-state index in [0.717, 1.165) is 16.5 Å². The fourth-order valence-electron chi connectivity index (χ4n) is 2.71. The van der Waals surface area contributed by atoms with E-state index in [9.17, 15) is 4.79 Å². The minimum atomic E-state index is -0.0463. The summed E-state index contributed by atoms with van der Waals surface area (Å²) in [4.78, 5) is 22.9. The number of hydrogen-bond donors (Lipinski definition) is 2. The van der Waals surface area contributed by atoms with Crippen LogP contribution in [0.25, 0.3) is 22.2 Å². The summed E-state index contributed by atoms with van der Waals surface area (Å²) in [5.74, 6) is 1.09. The van der Waals surface area contributed by atoms with Crippen molar-refractivity contribution in [2.24, 2.45) is 0 Å². The van der Waals surface area contributed by atoms with Gasteiger partial charge in [0.2, 0.25) is 5.91 Å². The van der Waals surface area contributed by atoms with E-state index < -0.39 is 0 Å². The number of benzene rings is 1. The lowest BCUT2D eigenvalue weighted by Crippen LogP contribution is -2.42. The van der Waals surface area contributed by atoms with Gasteiger partial charge in [-0.1, -0.05) is 12.1 Å². The van der Waals surface area contributed by atoms with Gasteiger partial charge in [0.1, 0.15) is 0 Å². The Morgan fingerprint density at radius 2 is 2.29 bits per heavy atom. The molecule has 1 aromatic carbocycles. The smallest absolute Gasteiger partial charge is 0.247 e. The van der Waals surface area contributed by atoms with Crippen LogP contribution in [0.15, 0.2) is 30.6 Å². The molecule has 0 radical (unpaired) electrons. The van der Waals surface area contributed by atoms with Crippen molar-refractivity contribution >= 4 is 28.4 Å². The van der Waals surface area contributed by atoms with Crippen molar-refractivity contribution in [3.63, 3.8) is 0 Å². The minimum absolute atomic E-state index is 0. The molecule has 3 aromatic rings. The van der Waals surface area contributed by atoms with Crippen LogP contribution in [0.1, 0.15) is 2.85 Å². The van der Waals surface area contributed by atoms with Crippen molar-refractivity contribution in [3.05, 3.63) is 30.6 Å². The van der Waals surface area contributed by atoms with Crippen molar-refractivity contribution in [2.45, 2.75) is 0 Å². The number of amides is 1. The third-order valence-corrected chi connectivity index (χ3v) is 3.97. The highest BCUT2D eigenvalue weighted by atomic mass is 16.5. The average molecular weight is 328 g/mol. The molecule has 1 amide bonds. The SMILES string of the molecule is COCCN1C(=O)CNc2ncc(-c3ccc4cn[nH]c4c3)nc21.[HH].[HH]. The molecule has 8 nitrogen and oxygen atoms in total. The van der Waals surface area contributed by atoms with Gasteiger partial charge in [-0.3, -0.25) is 14.8 Å². The lowest BCUT2D eigenvalue weighted by molar-refractivity contribution is -0.117. The highest BCUT2D eigenvalue weighted by Gasteiger charge is 2.26. The van der Waals surface area contributed by atoms with Gasteiger partial charge < -0.3 is 10.1 Å². The maximum Gasteiger partial charge on any atom is 0.247 e. The molecule has 1 aliphatic heterocycles. The van der Waals surface area contributed by atoms with Gasteiger partial charge in [0.25, 0.3) is 0 Å². The molecule has 0 bridgehead atoms. The predicted molar refractivity (Wildman–Crippen MR) is 94.1 cm³/mol. The van der Waals surface area contributed by atoms with E-state index >= 15 is 0 Å². The van der Waals surface area contributed by atoms with Gasteiger partial charge in [0.15, 0.2) is 11.6 Å². The molecule has 8 heteroatoms. The van der Waals surface area contributed by atoms with Crippen molar-refractivity contribution in [1.29, 1.82) is 0 Å². The van der Waals surface area contributed by atoms with Crippen LogP contribution in [0.5, 0.6) is 0 Å². The Balaban J connectivity index is 0.00000121. The molecule has 2 N–H and O–H groups in total. The summed E-state index contributed by atoms with van der Waals surface area (Å²) in [7, 11) is 1.61. The standard InChI is InChI=1S/C16H16N6O2.2H2/c1-24-5-4-22-14(23)9-18-15-16(22)20-13(8-17-15)10-2-3-11-7-19-21-12(11)6-10;;/h2-3,6-8H,4-5,9H2,1H3,(H,17,18)(H,19,21);2*1H. The van der Waals surface area contributed by atoms with E-state index in [0.29, 0.717) is 30.5 Å². The number of aromatic nitrogens is 4. The number of H-pyrrole nitrogens is 1. The number of ether oxygens (including phenoxy) is 1. The monoisotopic (exact) mass is 328 g/mol. The summed E-state index contributed by atoms with van der Waals surface area (Å²) in [6.45, 7) is 1.10. The molecule has 2 aromatic heterocycles. The van der Waals surface area contributed by atoms with Gasteiger partial charge in [-0.15, -0.1) is 0 Å². The van der Waals surface area contributed by atoms with E-state index in [2.05, 4.69) is 25.5 Å². The molecule has 126 valence electrons.